The fourth-order valence-corrected chi connectivity index (χ4v) is 2.83. The Bertz CT molecular complexity index is 405. The van der Waals surface area contributed by atoms with E-state index >= 15 is 0 Å². The minimum absolute atomic E-state index is 0.0118. The van der Waals surface area contributed by atoms with Crippen molar-refractivity contribution in [3.05, 3.63) is 16.1 Å². The van der Waals surface area contributed by atoms with E-state index in [1.54, 1.807) is 0 Å². The molecule has 1 N–H and O–H groups in total. The average Bonchev–Trinajstić information content (AvgIpc) is 2.36. The first-order valence-electron chi connectivity index (χ1n) is 5.17. The lowest BCUT2D eigenvalue weighted by molar-refractivity contribution is -0.137. The largest absolute Gasteiger partial charge is 0.481 e. The van der Waals surface area contributed by atoms with Gasteiger partial charge in [-0.1, -0.05) is 20.8 Å². The number of hydrogen-bond donors (Lipinski definition) is 1. The third-order valence-corrected chi connectivity index (χ3v) is 2.97. The van der Waals surface area contributed by atoms with E-state index in [0.29, 0.717) is 6.42 Å². The third-order valence-electron chi connectivity index (χ3n) is 2.42. The molecule has 0 spiro atoms. The van der Waals surface area contributed by atoms with Crippen LogP contribution in [0.15, 0.2) is 4.60 Å². The first kappa shape index (κ1) is 13.2. The first-order valence-corrected chi connectivity index (χ1v) is 5.96. The molecule has 1 rings (SSSR count). The minimum Gasteiger partial charge on any atom is -0.481 e. The molecule has 1 aromatic heterocycles. The summed E-state index contributed by atoms with van der Waals surface area (Å²) < 4.78 is 2.79. The van der Waals surface area contributed by atoms with Crippen LogP contribution in [0.5, 0.6) is 0 Å². The van der Waals surface area contributed by atoms with Gasteiger partial charge in [0.15, 0.2) is 0 Å². The number of carboxylic acids is 1. The molecule has 1 heterocycles. The van der Waals surface area contributed by atoms with E-state index < -0.39 is 5.97 Å². The van der Waals surface area contributed by atoms with Crippen molar-refractivity contribution < 1.29 is 9.90 Å². The van der Waals surface area contributed by atoms with Gasteiger partial charge in [-0.15, -0.1) is 0 Å². The van der Waals surface area contributed by atoms with Gasteiger partial charge in [0.25, 0.3) is 0 Å². The standard InChI is InChI=1S/C11H17BrN2O2/c1-11(2,3)9-10(12)13-7(14(9)4)5-6-8(15)16/h5-6H2,1-4H3,(H,15,16). The van der Waals surface area contributed by atoms with Crippen LogP contribution in [0.3, 0.4) is 0 Å². The lowest BCUT2D eigenvalue weighted by Crippen LogP contribution is -2.17. The Morgan fingerprint density at radius 3 is 2.44 bits per heavy atom. The number of aryl methyl sites for hydroxylation is 1. The van der Waals surface area contributed by atoms with E-state index in [-0.39, 0.29) is 11.8 Å². The Morgan fingerprint density at radius 2 is 2.06 bits per heavy atom. The molecule has 4 nitrogen and oxygen atoms in total. The normalized spacial score (nSPS) is 11.8. The molecule has 0 fully saturated rings. The molecule has 0 unspecified atom stereocenters. The molecule has 90 valence electrons. The van der Waals surface area contributed by atoms with Crippen molar-refractivity contribution >= 4 is 21.9 Å². The third kappa shape index (κ3) is 2.84. The molecule has 1 aromatic rings. The second-order valence-corrected chi connectivity index (χ2v) is 5.62. The van der Waals surface area contributed by atoms with Crippen molar-refractivity contribution in [2.45, 2.75) is 39.0 Å². The monoisotopic (exact) mass is 288 g/mol. The number of rotatable bonds is 3. The molecule has 5 heteroatoms. The summed E-state index contributed by atoms with van der Waals surface area (Å²) in [5.74, 6) is 0.00984. The van der Waals surface area contributed by atoms with Gasteiger partial charge in [-0.05, 0) is 15.9 Å². The summed E-state index contributed by atoms with van der Waals surface area (Å²) >= 11 is 3.43. The van der Waals surface area contributed by atoms with Crippen LogP contribution in [0.25, 0.3) is 0 Å². The quantitative estimate of drug-likeness (QED) is 0.930. The molecule has 0 bridgehead atoms. The van der Waals surface area contributed by atoms with E-state index in [1.807, 2.05) is 11.6 Å². The lowest BCUT2D eigenvalue weighted by Gasteiger charge is -2.20. The van der Waals surface area contributed by atoms with Crippen LogP contribution in [-0.4, -0.2) is 20.6 Å². The van der Waals surface area contributed by atoms with Gasteiger partial charge in [-0.2, -0.15) is 0 Å². The lowest BCUT2D eigenvalue weighted by atomic mass is 9.93. The highest BCUT2D eigenvalue weighted by molar-refractivity contribution is 9.10. The van der Waals surface area contributed by atoms with E-state index in [0.717, 1.165) is 16.1 Å². The van der Waals surface area contributed by atoms with Crippen LogP contribution in [0, 0.1) is 0 Å². The van der Waals surface area contributed by atoms with Crippen LogP contribution < -0.4 is 0 Å². The summed E-state index contributed by atoms with van der Waals surface area (Å²) in [4.78, 5) is 14.9. The maximum absolute atomic E-state index is 10.5. The summed E-state index contributed by atoms with van der Waals surface area (Å²) in [5.41, 5.74) is 1.08. The van der Waals surface area contributed by atoms with Crippen molar-refractivity contribution in [3.63, 3.8) is 0 Å². The van der Waals surface area contributed by atoms with E-state index in [9.17, 15) is 4.79 Å². The number of halogens is 1. The fraction of sp³-hybridized carbons (Fsp3) is 0.636. The molecule has 0 aromatic carbocycles. The summed E-state index contributed by atoms with van der Waals surface area (Å²) in [6.07, 6.45) is 0.571. The maximum Gasteiger partial charge on any atom is 0.303 e. The molecular formula is C11H17BrN2O2. The van der Waals surface area contributed by atoms with Gasteiger partial charge in [0.1, 0.15) is 10.4 Å². The summed E-state index contributed by atoms with van der Waals surface area (Å²) in [5, 5.41) is 8.65. The molecule has 0 aliphatic rings. The molecule has 16 heavy (non-hydrogen) atoms. The second kappa shape index (κ2) is 4.57. The van der Waals surface area contributed by atoms with Gasteiger partial charge < -0.3 is 9.67 Å². The summed E-state index contributed by atoms with van der Waals surface area (Å²) in [6.45, 7) is 6.32. The topological polar surface area (TPSA) is 55.1 Å². The van der Waals surface area contributed by atoms with Crippen LogP contribution in [0.2, 0.25) is 0 Å². The Labute approximate surface area is 104 Å². The van der Waals surface area contributed by atoms with Crippen molar-refractivity contribution in [2.75, 3.05) is 0 Å². The number of carboxylic acid groups (broad SMARTS) is 1. The van der Waals surface area contributed by atoms with E-state index in [2.05, 4.69) is 41.7 Å². The first-order chi connectivity index (χ1) is 7.23. The number of aliphatic carboxylic acids is 1. The zero-order chi connectivity index (χ0) is 12.5. The Hall–Kier alpha value is -0.840. The Kier molecular flexibility index (Phi) is 3.78. The molecule has 0 saturated heterocycles. The van der Waals surface area contributed by atoms with Gasteiger partial charge in [-0.25, -0.2) is 4.98 Å². The van der Waals surface area contributed by atoms with Gasteiger partial charge in [-0.3, -0.25) is 4.79 Å². The predicted octanol–water partition coefficient (Wildman–Crippen LogP) is 2.50. The fourth-order valence-electron chi connectivity index (χ4n) is 1.76. The van der Waals surface area contributed by atoms with Gasteiger partial charge in [0, 0.05) is 18.9 Å². The van der Waals surface area contributed by atoms with E-state index in [1.165, 1.54) is 0 Å². The summed E-state index contributed by atoms with van der Waals surface area (Å²) in [7, 11) is 1.93. The van der Waals surface area contributed by atoms with Crippen molar-refractivity contribution in [1.82, 2.24) is 9.55 Å². The highest BCUT2D eigenvalue weighted by Gasteiger charge is 2.24. The predicted molar refractivity (Wildman–Crippen MR) is 65.6 cm³/mol. The molecule has 0 aliphatic carbocycles. The molecular weight excluding hydrogens is 272 g/mol. The maximum atomic E-state index is 10.5. The smallest absolute Gasteiger partial charge is 0.303 e. The van der Waals surface area contributed by atoms with Crippen molar-refractivity contribution in [1.29, 1.82) is 0 Å². The average molecular weight is 289 g/mol. The van der Waals surface area contributed by atoms with Crippen molar-refractivity contribution in [2.24, 2.45) is 7.05 Å². The molecule has 0 aliphatic heterocycles. The number of hydrogen-bond acceptors (Lipinski definition) is 2. The van der Waals surface area contributed by atoms with E-state index in [4.69, 9.17) is 5.11 Å². The Balaban J connectivity index is 3.02. The number of aromatic nitrogens is 2. The molecule has 0 amide bonds. The van der Waals surface area contributed by atoms with Crippen LogP contribution >= 0.6 is 15.9 Å². The highest BCUT2D eigenvalue weighted by atomic mass is 79.9. The Morgan fingerprint density at radius 1 is 1.50 bits per heavy atom. The SMILES string of the molecule is Cn1c(CCC(=O)O)nc(Br)c1C(C)(C)C. The van der Waals surface area contributed by atoms with Crippen LogP contribution in [0.4, 0.5) is 0 Å². The second-order valence-electron chi connectivity index (χ2n) is 4.87. The number of imidazole rings is 1. The molecule has 0 atom stereocenters. The minimum atomic E-state index is -0.795. The zero-order valence-corrected chi connectivity index (χ0v) is 11.6. The van der Waals surface area contributed by atoms with Gasteiger partial charge in [0.05, 0.1) is 12.1 Å². The number of nitrogens with zero attached hydrogens (tertiary/aromatic N) is 2. The highest BCUT2D eigenvalue weighted by Crippen LogP contribution is 2.29. The zero-order valence-electron chi connectivity index (χ0n) is 10.0. The molecule has 0 radical (unpaired) electrons. The van der Waals surface area contributed by atoms with Gasteiger partial charge in [0.2, 0.25) is 0 Å². The van der Waals surface area contributed by atoms with Crippen LogP contribution in [-0.2, 0) is 23.7 Å². The van der Waals surface area contributed by atoms with Crippen LogP contribution in [0.1, 0.15) is 38.7 Å². The number of carbonyl (C=O) groups is 1. The van der Waals surface area contributed by atoms with Crippen molar-refractivity contribution in [3.8, 4) is 0 Å². The van der Waals surface area contributed by atoms with Gasteiger partial charge >= 0.3 is 5.97 Å². The summed E-state index contributed by atoms with van der Waals surface area (Å²) in [6, 6.07) is 0. The molecule has 0 saturated carbocycles.